The van der Waals surface area contributed by atoms with Gasteiger partial charge in [-0.2, -0.15) is 4.52 Å². The van der Waals surface area contributed by atoms with Crippen molar-refractivity contribution in [3.05, 3.63) is 53.9 Å². The lowest BCUT2D eigenvalue weighted by atomic mass is 9.91. The molecule has 2 fully saturated rings. The van der Waals surface area contributed by atoms with Gasteiger partial charge < -0.3 is 9.64 Å². The second-order valence-electron chi connectivity index (χ2n) is 7.72. The summed E-state index contributed by atoms with van der Waals surface area (Å²) in [5.41, 5.74) is 1.59. The van der Waals surface area contributed by atoms with Crippen LogP contribution in [0.5, 0.6) is 5.88 Å². The van der Waals surface area contributed by atoms with E-state index in [0.29, 0.717) is 5.88 Å². The van der Waals surface area contributed by atoms with Gasteiger partial charge in [-0.05, 0) is 37.3 Å². The quantitative estimate of drug-likeness (QED) is 0.699. The second kappa shape index (κ2) is 6.58. The minimum absolute atomic E-state index is 0.241. The lowest BCUT2D eigenvalue weighted by Crippen LogP contribution is -2.43. The Hall–Kier alpha value is -2.96. The number of carbonyl (C=O) groups excluding carboxylic acids is 1. The lowest BCUT2D eigenvalue weighted by Gasteiger charge is -2.34. The molecular formula is C21H23N5O2. The molecule has 28 heavy (non-hydrogen) atoms. The van der Waals surface area contributed by atoms with Gasteiger partial charge >= 0.3 is 0 Å². The molecule has 2 aliphatic rings. The van der Waals surface area contributed by atoms with Crippen LogP contribution in [0.1, 0.15) is 43.0 Å². The largest absolute Gasteiger partial charge is 0.480 e. The number of amides is 1. The van der Waals surface area contributed by atoms with E-state index in [1.54, 1.807) is 17.7 Å². The molecule has 7 nitrogen and oxygen atoms in total. The smallest absolute Gasteiger partial charge is 0.233 e. The zero-order valence-corrected chi connectivity index (χ0v) is 15.9. The molecule has 3 heterocycles. The van der Waals surface area contributed by atoms with E-state index >= 15 is 0 Å². The van der Waals surface area contributed by atoms with E-state index in [0.717, 1.165) is 55.8 Å². The summed E-state index contributed by atoms with van der Waals surface area (Å²) in [4.78, 5) is 15.3. The average Bonchev–Trinajstić information content (AvgIpc) is 3.47. The summed E-state index contributed by atoms with van der Waals surface area (Å²) >= 11 is 0. The first-order valence-electron chi connectivity index (χ1n) is 9.82. The molecule has 0 spiro atoms. The summed E-state index contributed by atoms with van der Waals surface area (Å²) < 4.78 is 7.00. The van der Waals surface area contributed by atoms with Crippen LogP contribution in [0.2, 0.25) is 0 Å². The van der Waals surface area contributed by atoms with Crippen LogP contribution >= 0.6 is 0 Å². The number of hydrogen-bond acceptors (Lipinski definition) is 5. The van der Waals surface area contributed by atoms with Crippen LogP contribution in [-0.2, 0) is 10.2 Å². The van der Waals surface area contributed by atoms with Crippen LogP contribution in [0.25, 0.3) is 5.65 Å². The van der Waals surface area contributed by atoms with Gasteiger partial charge in [-0.15, -0.1) is 15.3 Å². The number of rotatable bonds is 4. The maximum Gasteiger partial charge on any atom is 0.233 e. The highest BCUT2D eigenvalue weighted by Crippen LogP contribution is 2.50. The van der Waals surface area contributed by atoms with Gasteiger partial charge in [0.05, 0.1) is 12.5 Å². The van der Waals surface area contributed by atoms with Crippen molar-refractivity contribution in [3.8, 4) is 5.88 Å². The van der Waals surface area contributed by atoms with Crippen molar-refractivity contribution in [1.82, 2.24) is 24.7 Å². The van der Waals surface area contributed by atoms with Crippen molar-refractivity contribution >= 4 is 11.6 Å². The molecule has 0 bridgehead atoms. The molecule has 2 aromatic heterocycles. The molecule has 144 valence electrons. The number of benzene rings is 1. The van der Waals surface area contributed by atoms with Gasteiger partial charge in [-0.25, -0.2) is 0 Å². The molecule has 0 N–H and O–H groups in total. The van der Waals surface area contributed by atoms with E-state index in [-0.39, 0.29) is 17.2 Å². The Morgan fingerprint density at radius 3 is 2.50 bits per heavy atom. The van der Waals surface area contributed by atoms with Gasteiger partial charge in [0.1, 0.15) is 0 Å². The van der Waals surface area contributed by atoms with E-state index in [1.165, 1.54) is 0 Å². The Kier molecular flexibility index (Phi) is 4.03. The van der Waals surface area contributed by atoms with Crippen LogP contribution in [0.3, 0.4) is 0 Å². The molecule has 5 rings (SSSR count). The molecule has 0 atom stereocenters. The molecule has 0 radical (unpaired) electrons. The van der Waals surface area contributed by atoms with Gasteiger partial charge in [0.25, 0.3) is 0 Å². The molecule has 1 saturated carbocycles. The summed E-state index contributed by atoms with van der Waals surface area (Å²) in [5, 5.41) is 13.1. The van der Waals surface area contributed by atoms with E-state index in [4.69, 9.17) is 4.74 Å². The number of carbonyl (C=O) groups is 1. The number of piperidine rings is 1. The minimum atomic E-state index is -0.287. The topological polar surface area (TPSA) is 72.6 Å². The number of aromatic nitrogens is 4. The monoisotopic (exact) mass is 377 g/mol. The van der Waals surface area contributed by atoms with Gasteiger partial charge in [0, 0.05) is 25.1 Å². The number of likely N-dealkylation sites (tertiary alicyclic amines) is 1. The molecular weight excluding hydrogens is 354 g/mol. The third-order valence-corrected chi connectivity index (χ3v) is 6.10. The van der Waals surface area contributed by atoms with Gasteiger partial charge in [-0.3, -0.25) is 4.79 Å². The highest BCUT2D eigenvalue weighted by Gasteiger charge is 2.53. The predicted octanol–water partition coefficient (Wildman–Crippen LogP) is 2.57. The number of ether oxygens (including phenoxy) is 1. The van der Waals surface area contributed by atoms with Crippen molar-refractivity contribution in [3.63, 3.8) is 0 Å². The van der Waals surface area contributed by atoms with Gasteiger partial charge in [-0.1, -0.05) is 30.3 Å². The standard InChI is InChI=1S/C21H23N5O2/c1-28-18-8-7-17-22-23-19(26(17)24-18)15-9-13-25(14-10-15)20(27)21(11-12-21)16-5-3-2-4-6-16/h2-8,15H,9-14H2,1H3. The fraction of sp³-hybridized carbons (Fsp3) is 0.429. The van der Waals surface area contributed by atoms with Crippen LogP contribution in [0, 0.1) is 0 Å². The maximum atomic E-state index is 13.2. The Balaban J connectivity index is 1.31. The van der Waals surface area contributed by atoms with Crippen molar-refractivity contribution in [1.29, 1.82) is 0 Å². The minimum Gasteiger partial charge on any atom is -0.480 e. The third-order valence-electron chi connectivity index (χ3n) is 6.10. The molecule has 1 aliphatic heterocycles. The summed E-state index contributed by atoms with van der Waals surface area (Å²) in [6, 6.07) is 13.9. The normalized spacial score (nSPS) is 19.0. The van der Waals surface area contributed by atoms with Gasteiger partial charge in [0.2, 0.25) is 11.8 Å². The first-order valence-corrected chi connectivity index (χ1v) is 9.82. The summed E-state index contributed by atoms with van der Waals surface area (Å²) in [5.74, 6) is 1.92. The molecule has 3 aromatic rings. The SMILES string of the molecule is COc1ccc2nnc(C3CCN(C(=O)C4(c5ccccc5)CC4)CC3)n2n1. The molecule has 1 aromatic carbocycles. The van der Waals surface area contributed by atoms with Crippen molar-refractivity contribution in [2.75, 3.05) is 20.2 Å². The fourth-order valence-electron chi connectivity index (χ4n) is 4.30. The molecule has 0 unspecified atom stereocenters. The van der Waals surface area contributed by atoms with E-state index in [2.05, 4.69) is 27.4 Å². The first kappa shape index (κ1) is 17.2. The Bertz CT molecular complexity index is 1000. The number of hydrogen-bond donors (Lipinski definition) is 0. The van der Waals surface area contributed by atoms with Crippen LogP contribution in [0.15, 0.2) is 42.5 Å². The first-order chi connectivity index (χ1) is 13.7. The number of nitrogens with zero attached hydrogens (tertiary/aromatic N) is 5. The lowest BCUT2D eigenvalue weighted by molar-refractivity contribution is -0.135. The number of fused-ring (bicyclic) bond motifs is 1. The summed E-state index contributed by atoms with van der Waals surface area (Å²) in [6.45, 7) is 1.49. The predicted molar refractivity (Wildman–Crippen MR) is 103 cm³/mol. The van der Waals surface area contributed by atoms with Crippen molar-refractivity contribution in [2.45, 2.75) is 37.0 Å². The Morgan fingerprint density at radius 2 is 1.82 bits per heavy atom. The Morgan fingerprint density at radius 1 is 1.07 bits per heavy atom. The zero-order valence-electron chi connectivity index (χ0n) is 15.9. The van der Waals surface area contributed by atoms with Crippen LogP contribution in [0.4, 0.5) is 0 Å². The highest BCUT2D eigenvalue weighted by atomic mass is 16.5. The molecule has 1 saturated heterocycles. The molecule has 1 aliphatic carbocycles. The van der Waals surface area contributed by atoms with Crippen LogP contribution < -0.4 is 4.74 Å². The van der Waals surface area contributed by atoms with Crippen molar-refractivity contribution < 1.29 is 9.53 Å². The fourth-order valence-corrected chi connectivity index (χ4v) is 4.30. The molecule has 7 heteroatoms. The number of methoxy groups -OCH3 is 1. The Labute approximate surface area is 163 Å². The average molecular weight is 377 g/mol. The highest BCUT2D eigenvalue weighted by molar-refractivity contribution is 5.91. The van der Waals surface area contributed by atoms with E-state index < -0.39 is 0 Å². The van der Waals surface area contributed by atoms with Crippen molar-refractivity contribution in [2.24, 2.45) is 0 Å². The molecule has 1 amide bonds. The summed E-state index contributed by atoms with van der Waals surface area (Å²) in [6.07, 6.45) is 3.65. The van der Waals surface area contributed by atoms with E-state index in [9.17, 15) is 4.79 Å². The maximum absolute atomic E-state index is 13.2. The van der Waals surface area contributed by atoms with E-state index in [1.807, 2.05) is 29.2 Å². The zero-order chi connectivity index (χ0) is 19.1. The van der Waals surface area contributed by atoms with Gasteiger partial charge in [0.15, 0.2) is 11.5 Å². The van der Waals surface area contributed by atoms with Crippen LogP contribution in [-0.4, -0.2) is 50.8 Å². The summed E-state index contributed by atoms with van der Waals surface area (Å²) in [7, 11) is 1.60. The third kappa shape index (κ3) is 2.73. The second-order valence-corrected chi connectivity index (χ2v) is 7.72.